The van der Waals surface area contributed by atoms with E-state index in [1.54, 1.807) is 12.1 Å². The van der Waals surface area contributed by atoms with Crippen LogP contribution in [0.2, 0.25) is 10.0 Å². The summed E-state index contributed by atoms with van der Waals surface area (Å²) in [5.74, 6) is -0.626. The second-order valence-corrected chi connectivity index (χ2v) is 8.50. The number of aryl methyl sites for hydroxylation is 3. The Kier molecular flexibility index (Phi) is 7.02. The molecule has 0 unspecified atom stereocenters. The Morgan fingerprint density at radius 1 is 1.03 bits per heavy atom. The first-order valence-corrected chi connectivity index (χ1v) is 11.2. The van der Waals surface area contributed by atoms with E-state index in [0.29, 0.717) is 33.6 Å². The molecule has 0 saturated carbocycles. The van der Waals surface area contributed by atoms with Crippen molar-refractivity contribution in [1.29, 1.82) is 0 Å². The van der Waals surface area contributed by atoms with Gasteiger partial charge in [-0.05, 0) is 60.4 Å². The van der Waals surface area contributed by atoms with Crippen LogP contribution in [0, 0.1) is 6.92 Å². The van der Waals surface area contributed by atoms with Crippen molar-refractivity contribution in [3.8, 4) is 28.3 Å². The fraction of sp³-hybridized carbons (Fsp3) is 0.154. The molecule has 0 atom stereocenters. The van der Waals surface area contributed by atoms with Gasteiger partial charge in [0.1, 0.15) is 5.75 Å². The lowest BCUT2D eigenvalue weighted by molar-refractivity contribution is -0.139. The number of rotatable bonds is 8. The molecule has 0 aliphatic carbocycles. The molecular formula is C26H22Cl2N2O3. The van der Waals surface area contributed by atoms with Crippen molar-refractivity contribution in [2.24, 2.45) is 0 Å². The number of hydrogen-bond acceptors (Lipinski definition) is 3. The highest BCUT2D eigenvalue weighted by molar-refractivity contribution is 6.31. The van der Waals surface area contributed by atoms with E-state index in [1.165, 1.54) is 5.56 Å². The number of carboxylic acid groups (broad SMARTS) is 1. The van der Waals surface area contributed by atoms with Gasteiger partial charge in [-0.2, -0.15) is 5.10 Å². The number of benzene rings is 3. The fourth-order valence-corrected chi connectivity index (χ4v) is 3.86. The summed E-state index contributed by atoms with van der Waals surface area (Å²) in [4.78, 5) is 11.1. The minimum Gasteiger partial charge on any atom is -0.481 e. The lowest BCUT2D eigenvalue weighted by atomic mass is 10.1. The van der Waals surface area contributed by atoms with Crippen LogP contribution in [0.5, 0.6) is 5.75 Å². The number of carbonyl (C=O) groups is 1. The van der Waals surface area contributed by atoms with Crippen LogP contribution in [0.15, 0.2) is 72.8 Å². The van der Waals surface area contributed by atoms with E-state index in [9.17, 15) is 4.79 Å². The van der Waals surface area contributed by atoms with Gasteiger partial charge in [0.2, 0.25) is 0 Å². The van der Waals surface area contributed by atoms with Gasteiger partial charge in [0.25, 0.3) is 0 Å². The number of halogens is 2. The third-order valence-corrected chi connectivity index (χ3v) is 5.92. The van der Waals surface area contributed by atoms with Crippen LogP contribution in [0.3, 0.4) is 0 Å². The predicted octanol–water partition coefficient (Wildman–Crippen LogP) is 6.54. The monoisotopic (exact) mass is 480 g/mol. The number of carboxylic acids is 1. The molecule has 0 amide bonds. The van der Waals surface area contributed by atoms with Gasteiger partial charge in [-0.1, -0.05) is 65.7 Å². The average molecular weight is 481 g/mol. The molecule has 3 aromatic carbocycles. The van der Waals surface area contributed by atoms with Gasteiger partial charge in [0, 0.05) is 22.2 Å². The summed E-state index contributed by atoms with van der Waals surface area (Å²) in [6.07, 6.45) is 0.805. The summed E-state index contributed by atoms with van der Waals surface area (Å²) in [5.41, 5.74) is 5.18. The van der Waals surface area contributed by atoms with E-state index in [1.807, 2.05) is 60.1 Å². The molecule has 0 bridgehead atoms. The first kappa shape index (κ1) is 22.9. The SMILES string of the molecule is Cc1cc(OCC(=O)O)c(-c2cc(-c3ccc(Cl)cc3)n(CCc3ccccc3)n2)cc1Cl. The van der Waals surface area contributed by atoms with E-state index in [0.717, 1.165) is 23.2 Å². The smallest absolute Gasteiger partial charge is 0.341 e. The standard InChI is InChI=1S/C26H22Cl2N2O3/c1-17-13-25(33-16-26(31)32)21(14-22(17)28)23-15-24(19-7-9-20(27)10-8-19)30(29-23)12-11-18-5-3-2-4-6-18/h2-10,13-15H,11-12,16H2,1H3,(H,31,32). The zero-order valence-electron chi connectivity index (χ0n) is 18.0. The van der Waals surface area contributed by atoms with E-state index in [2.05, 4.69) is 12.1 Å². The van der Waals surface area contributed by atoms with E-state index in [-0.39, 0.29) is 0 Å². The van der Waals surface area contributed by atoms with Gasteiger partial charge >= 0.3 is 5.97 Å². The number of ether oxygens (including phenoxy) is 1. The quantitative estimate of drug-likeness (QED) is 0.311. The molecule has 33 heavy (non-hydrogen) atoms. The highest BCUT2D eigenvalue weighted by Gasteiger charge is 2.17. The molecule has 7 heteroatoms. The molecule has 0 fully saturated rings. The maximum atomic E-state index is 11.1. The lowest BCUT2D eigenvalue weighted by Crippen LogP contribution is -2.10. The first-order chi connectivity index (χ1) is 15.9. The Bertz CT molecular complexity index is 1270. The Labute approximate surface area is 202 Å². The van der Waals surface area contributed by atoms with Crippen molar-refractivity contribution >= 4 is 29.2 Å². The molecule has 4 rings (SSSR count). The van der Waals surface area contributed by atoms with Gasteiger partial charge in [-0.3, -0.25) is 4.68 Å². The van der Waals surface area contributed by atoms with Crippen LogP contribution in [-0.2, 0) is 17.8 Å². The number of aliphatic carboxylic acids is 1. The van der Waals surface area contributed by atoms with Crippen molar-refractivity contribution in [3.05, 3.63) is 94.0 Å². The Morgan fingerprint density at radius 2 is 1.76 bits per heavy atom. The van der Waals surface area contributed by atoms with Crippen LogP contribution >= 0.6 is 23.2 Å². The molecule has 1 N–H and O–H groups in total. The largest absolute Gasteiger partial charge is 0.481 e. The molecule has 0 spiro atoms. The number of hydrogen-bond donors (Lipinski definition) is 1. The third kappa shape index (κ3) is 5.56. The van der Waals surface area contributed by atoms with Gasteiger partial charge in [0.15, 0.2) is 6.61 Å². The van der Waals surface area contributed by atoms with Crippen molar-refractivity contribution in [3.63, 3.8) is 0 Å². The molecule has 168 valence electrons. The summed E-state index contributed by atoms with van der Waals surface area (Å²) in [6, 6.07) is 23.3. The molecule has 1 aromatic heterocycles. The maximum Gasteiger partial charge on any atom is 0.341 e. The van der Waals surface area contributed by atoms with Crippen LogP contribution in [0.25, 0.3) is 22.5 Å². The molecule has 0 aliphatic heterocycles. The third-order valence-electron chi connectivity index (χ3n) is 5.26. The molecule has 0 aliphatic rings. The average Bonchev–Trinajstić information content (AvgIpc) is 3.23. The molecular weight excluding hydrogens is 459 g/mol. The van der Waals surface area contributed by atoms with Crippen molar-refractivity contribution in [2.45, 2.75) is 19.9 Å². The van der Waals surface area contributed by atoms with Crippen molar-refractivity contribution < 1.29 is 14.6 Å². The van der Waals surface area contributed by atoms with E-state index >= 15 is 0 Å². The van der Waals surface area contributed by atoms with E-state index < -0.39 is 12.6 Å². The maximum absolute atomic E-state index is 11.1. The molecule has 0 radical (unpaired) electrons. The summed E-state index contributed by atoms with van der Waals surface area (Å²) in [7, 11) is 0. The summed E-state index contributed by atoms with van der Waals surface area (Å²) < 4.78 is 7.51. The second-order valence-electron chi connectivity index (χ2n) is 7.66. The zero-order valence-corrected chi connectivity index (χ0v) is 19.5. The van der Waals surface area contributed by atoms with E-state index in [4.69, 9.17) is 38.1 Å². The van der Waals surface area contributed by atoms with Crippen LogP contribution in [0.1, 0.15) is 11.1 Å². The normalized spacial score (nSPS) is 10.9. The molecule has 0 saturated heterocycles. The second kappa shape index (κ2) is 10.1. The van der Waals surface area contributed by atoms with Gasteiger partial charge in [-0.25, -0.2) is 4.79 Å². The van der Waals surface area contributed by atoms with Crippen molar-refractivity contribution in [2.75, 3.05) is 6.61 Å². The minimum absolute atomic E-state index is 0.426. The topological polar surface area (TPSA) is 64.3 Å². The Morgan fingerprint density at radius 3 is 2.45 bits per heavy atom. The van der Waals surface area contributed by atoms with Crippen LogP contribution in [-0.4, -0.2) is 27.5 Å². The Balaban J connectivity index is 1.77. The highest BCUT2D eigenvalue weighted by Crippen LogP contribution is 2.36. The summed E-state index contributed by atoms with van der Waals surface area (Å²) >= 11 is 12.5. The highest BCUT2D eigenvalue weighted by atomic mass is 35.5. The lowest BCUT2D eigenvalue weighted by Gasteiger charge is -2.11. The molecule has 4 aromatic rings. The predicted molar refractivity (Wildman–Crippen MR) is 131 cm³/mol. The zero-order chi connectivity index (χ0) is 23.4. The molecule has 1 heterocycles. The minimum atomic E-state index is -1.05. The first-order valence-electron chi connectivity index (χ1n) is 10.4. The van der Waals surface area contributed by atoms with Crippen LogP contribution in [0.4, 0.5) is 0 Å². The Hall–Kier alpha value is -3.28. The summed E-state index contributed by atoms with van der Waals surface area (Å²) in [6.45, 7) is 2.05. The molecule has 5 nitrogen and oxygen atoms in total. The fourth-order valence-electron chi connectivity index (χ4n) is 3.57. The van der Waals surface area contributed by atoms with Crippen LogP contribution < -0.4 is 4.74 Å². The number of aromatic nitrogens is 2. The number of nitrogens with zero attached hydrogens (tertiary/aromatic N) is 2. The van der Waals surface area contributed by atoms with Gasteiger partial charge in [-0.15, -0.1) is 0 Å². The summed E-state index contributed by atoms with van der Waals surface area (Å²) in [5, 5.41) is 15.1. The van der Waals surface area contributed by atoms with Gasteiger partial charge < -0.3 is 9.84 Å². The van der Waals surface area contributed by atoms with Gasteiger partial charge in [0.05, 0.1) is 11.4 Å². The van der Waals surface area contributed by atoms with Crippen molar-refractivity contribution in [1.82, 2.24) is 9.78 Å².